The van der Waals surface area contributed by atoms with Crippen molar-refractivity contribution in [1.29, 1.82) is 0 Å². The summed E-state index contributed by atoms with van der Waals surface area (Å²) in [7, 11) is 0. The number of ether oxygens (including phenoxy) is 1. The van der Waals surface area contributed by atoms with Gasteiger partial charge in [-0.2, -0.15) is 0 Å². The lowest BCUT2D eigenvalue weighted by Crippen LogP contribution is -2.02. The van der Waals surface area contributed by atoms with Crippen molar-refractivity contribution in [3.05, 3.63) is 106 Å². The zero-order valence-electron chi connectivity index (χ0n) is 19.0. The summed E-state index contributed by atoms with van der Waals surface area (Å²) in [6.45, 7) is 3.43. The predicted molar refractivity (Wildman–Crippen MR) is 141 cm³/mol. The van der Waals surface area contributed by atoms with Gasteiger partial charge >= 0.3 is 11.9 Å². The van der Waals surface area contributed by atoms with E-state index in [1.807, 2.05) is 73.1 Å². The number of rotatable bonds is 5. The second-order valence-corrected chi connectivity index (χ2v) is 9.51. The number of aromatic nitrogens is 2. The Balaban J connectivity index is 1.62. The molecule has 2 aromatic heterocycles. The van der Waals surface area contributed by atoms with Gasteiger partial charge in [0.1, 0.15) is 0 Å². The topological polar surface area (TPSA) is 53.2 Å². The first-order valence-electron chi connectivity index (χ1n) is 11.5. The Labute approximate surface area is 210 Å². The molecule has 3 heterocycles. The molecule has 0 saturated heterocycles. The van der Waals surface area contributed by atoms with Crippen LogP contribution in [0.5, 0.6) is 0 Å². The van der Waals surface area contributed by atoms with Crippen molar-refractivity contribution in [2.24, 2.45) is 0 Å². The van der Waals surface area contributed by atoms with Crippen molar-refractivity contribution >= 4 is 60.8 Å². The quantitative estimate of drug-likeness (QED) is 0.197. The maximum atomic E-state index is 13.1. The third-order valence-corrected chi connectivity index (χ3v) is 7.04. The van der Waals surface area contributed by atoms with Crippen LogP contribution in [-0.4, -0.2) is 21.1 Å². The molecule has 0 radical (unpaired) electrons. The van der Waals surface area contributed by atoms with Crippen molar-refractivity contribution in [3.8, 4) is 0 Å². The Kier molecular flexibility index (Phi) is 5.19. The van der Waals surface area contributed by atoms with Gasteiger partial charge < -0.3 is 13.9 Å². The van der Waals surface area contributed by atoms with Gasteiger partial charge in [0.2, 0.25) is 0 Å². The van der Waals surface area contributed by atoms with Gasteiger partial charge in [-0.25, -0.2) is 9.59 Å². The molecule has 5 aromatic rings. The molecule has 1 aliphatic heterocycles. The number of halogens is 1. The molecule has 3 aromatic carbocycles. The van der Waals surface area contributed by atoms with E-state index >= 15 is 0 Å². The van der Waals surface area contributed by atoms with E-state index in [1.165, 1.54) is 0 Å². The molecule has 5 nitrogen and oxygen atoms in total. The SMILES string of the molecule is CCn1cc(C2=C(c3cn(Cc4ccccc4)c4cc(Br)ccc34)C(=O)OC2=O)c2ccccc21. The Morgan fingerprint density at radius 2 is 1.37 bits per heavy atom. The molecule has 0 amide bonds. The molecule has 6 rings (SSSR count). The minimum absolute atomic E-state index is 0.313. The summed E-state index contributed by atoms with van der Waals surface area (Å²) in [6, 6.07) is 24.0. The fourth-order valence-electron chi connectivity index (χ4n) is 4.96. The Hall–Kier alpha value is -3.90. The molecule has 0 spiro atoms. The van der Waals surface area contributed by atoms with Crippen LogP contribution in [0.2, 0.25) is 0 Å². The Morgan fingerprint density at radius 1 is 0.743 bits per heavy atom. The molecule has 0 aliphatic carbocycles. The van der Waals surface area contributed by atoms with Crippen LogP contribution in [0.3, 0.4) is 0 Å². The lowest BCUT2D eigenvalue weighted by molar-refractivity contribution is -0.149. The van der Waals surface area contributed by atoms with Gasteiger partial charge in [-0.1, -0.05) is 70.5 Å². The highest BCUT2D eigenvalue weighted by Crippen LogP contribution is 2.41. The van der Waals surface area contributed by atoms with E-state index in [1.54, 1.807) is 0 Å². The number of para-hydroxylation sites is 1. The van der Waals surface area contributed by atoms with Crippen molar-refractivity contribution in [2.45, 2.75) is 20.0 Å². The zero-order valence-corrected chi connectivity index (χ0v) is 20.6. The van der Waals surface area contributed by atoms with Crippen LogP contribution < -0.4 is 0 Å². The van der Waals surface area contributed by atoms with Crippen LogP contribution in [0.4, 0.5) is 0 Å². The predicted octanol–water partition coefficient (Wildman–Crippen LogP) is 6.42. The maximum Gasteiger partial charge on any atom is 0.347 e. The van der Waals surface area contributed by atoms with Crippen molar-refractivity contribution < 1.29 is 14.3 Å². The first kappa shape index (κ1) is 21.6. The number of aryl methyl sites for hydroxylation is 1. The van der Waals surface area contributed by atoms with Crippen molar-refractivity contribution in [2.75, 3.05) is 0 Å². The summed E-state index contributed by atoms with van der Waals surface area (Å²) in [6.07, 6.45) is 3.90. The second kappa shape index (κ2) is 8.40. The number of carbonyl (C=O) groups excluding carboxylic acids is 2. The molecular formula is C29H21BrN2O3. The number of benzene rings is 3. The number of cyclic esters (lactones) is 2. The first-order valence-corrected chi connectivity index (χ1v) is 12.3. The molecule has 0 saturated carbocycles. The van der Waals surface area contributed by atoms with Gasteiger partial charge in [-0.15, -0.1) is 0 Å². The highest BCUT2D eigenvalue weighted by Gasteiger charge is 2.37. The van der Waals surface area contributed by atoms with Gasteiger partial charge in [0.05, 0.1) is 16.7 Å². The van der Waals surface area contributed by atoms with E-state index in [2.05, 4.69) is 44.1 Å². The number of hydrogen-bond acceptors (Lipinski definition) is 3. The molecule has 1 aliphatic rings. The average Bonchev–Trinajstić information content (AvgIpc) is 3.50. The van der Waals surface area contributed by atoms with Crippen LogP contribution >= 0.6 is 15.9 Å². The fourth-order valence-corrected chi connectivity index (χ4v) is 5.31. The normalized spacial score (nSPS) is 13.9. The smallest absolute Gasteiger partial charge is 0.347 e. The monoisotopic (exact) mass is 524 g/mol. The summed E-state index contributed by atoms with van der Waals surface area (Å²) in [5, 5.41) is 1.81. The highest BCUT2D eigenvalue weighted by atomic mass is 79.9. The van der Waals surface area contributed by atoms with Gasteiger partial charge in [0, 0.05) is 57.4 Å². The zero-order chi connectivity index (χ0) is 24.1. The fraction of sp³-hybridized carbons (Fsp3) is 0.103. The van der Waals surface area contributed by atoms with E-state index in [-0.39, 0.29) is 0 Å². The van der Waals surface area contributed by atoms with E-state index in [4.69, 9.17) is 4.74 Å². The molecule has 0 fully saturated rings. The number of nitrogens with zero attached hydrogens (tertiary/aromatic N) is 2. The van der Waals surface area contributed by atoms with E-state index in [0.29, 0.717) is 23.3 Å². The lowest BCUT2D eigenvalue weighted by Gasteiger charge is -2.05. The number of fused-ring (bicyclic) bond motifs is 2. The van der Waals surface area contributed by atoms with Gasteiger partial charge in [0.25, 0.3) is 0 Å². The molecule has 0 bridgehead atoms. The lowest BCUT2D eigenvalue weighted by atomic mass is 9.95. The molecule has 0 atom stereocenters. The summed E-state index contributed by atoms with van der Waals surface area (Å²) in [5.41, 5.74) is 5.17. The number of esters is 2. The summed E-state index contributed by atoms with van der Waals surface area (Å²) < 4.78 is 10.3. The molecule has 35 heavy (non-hydrogen) atoms. The molecule has 172 valence electrons. The Morgan fingerprint density at radius 3 is 2.09 bits per heavy atom. The third-order valence-electron chi connectivity index (χ3n) is 6.55. The van der Waals surface area contributed by atoms with Crippen LogP contribution in [-0.2, 0) is 27.4 Å². The molecule has 6 heteroatoms. The van der Waals surface area contributed by atoms with Crippen molar-refractivity contribution in [1.82, 2.24) is 9.13 Å². The van der Waals surface area contributed by atoms with E-state index < -0.39 is 11.9 Å². The largest absolute Gasteiger partial charge is 0.386 e. The first-order chi connectivity index (χ1) is 17.0. The minimum Gasteiger partial charge on any atom is -0.386 e. The van der Waals surface area contributed by atoms with Gasteiger partial charge in [-0.3, -0.25) is 0 Å². The molecule has 0 unspecified atom stereocenters. The Bertz CT molecular complexity index is 1670. The summed E-state index contributed by atoms with van der Waals surface area (Å²) in [5.74, 6) is -1.22. The van der Waals surface area contributed by atoms with Crippen molar-refractivity contribution in [3.63, 3.8) is 0 Å². The van der Waals surface area contributed by atoms with Crippen LogP contribution in [0.1, 0.15) is 23.6 Å². The summed E-state index contributed by atoms with van der Waals surface area (Å²) in [4.78, 5) is 26.2. The van der Waals surface area contributed by atoms with E-state index in [0.717, 1.165) is 44.0 Å². The van der Waals surface area contributed by atoms with Crippen LogP contribution in [0.25, 0.3) is 33.0 Å². The number of carbonyl (C=O) groups is 2. The highest BCUT2D eigenvalue weighted by molar-refractivity contribution is 9.10. The maximum absolute atomic E-state index is 13.1. The average molecular weight is 525 g/mol. The number of hydrogen-bond donors (Lipinski definition) is 0. The van der Waals surface area contributed by atoms with Gasteiger partial charge in [0.15, 0.2) is 0 Å². The standard InChI is InChI=1S/C29H21BrN2O3/c1-2-31-16-22(20-10-6-7-11-24(20)31)26-27(29(34)35-28(26)33)23-17-32(15-18-8-4-3-5-9-18)25-14-19(30)12-13-21(23)25/h3-14,16-17H,2,15H2,1H3. The molecular weight excluding hydrogens is 504 g/mol. The van der Waals surface area contributed by atoms with Crippen LogP contribution in [0.15, 0.2) is 89.7 Å². The van der Waals surface area contributed by atoms with E-state index in [9.17, 15) is 9.59 Å². The second-order valence-electron chi connectivity index (χ2n) is 8.59. The summed E-state index contributed by atoms with van der Waals surface area (Å²) >= 11 is 3.58. The van der Waals surface area contributed by atoms with Crippen LogP contribution in [0, 0.1) is 0 Å². The third kappa shape index (κ3) is 3.53. The minimum atomic E-state index is -0.611. The molecule has 0 N–H and O–H groups in total. The van der Waals surface area contributed by atoms with Gasteiger partial charge in [-0.05, 0) is 30.7 Å².